The zero-order valence-electron chi connectivity index (χ0n) is 16.4. The van der Waals surface area contributed by atoms with Gasteiger partial charge in [-0.1, -0.05) is 17.7 Å². The summed E-state index contributed by atoms with van der Waals surface area (Å²) in [5.41, 5.74) is 7.02. The summed E-state index contributed by atoms with van der Waals surface area (Å²) in [7, 11) is -1.21. The fourth-order valence-corrected chi connectivity index (χ4v) is 6.21. The van der Waals surface area contributed by atoms with Gasteiger partial charge in [-0.2, -0.15) is 0 Å². The minimum atomic E-state index is -1.63. The van der Waals surface area contributed by atoms with Crippen molar-refractivity contribution in [3.05, 3.63) is 47.0 Å². The maximum atomic E-state index is 12.5. The van der Waals surface area contributed by atoms with E-state index in [4.69, 9.17) is 17.3 Å². The lowest BCUT2D eigenvalue weighted by molar-refractivity contribution is -0.104. The highest BCUT2D eigenvalue weighted by Crippen LogP contribution is 2.44. The van der Waals surface area contributed by atoms with Crippen molar-refractivity contribution in [1.29, 1.82) is 0 Å². The van der Waals surface area contributed by atoms with Gasteiger partial charge >= 0.3 is 0 Å². The Bertz CT molecular complexity index is 1030. The summed E-state index contributed by atoms with van der Waals surface area (Å²) in [4.78, 5) is 20.0. The molecule has 3 unspecified atom stereocenters. The van der Waals surface area contributed by atoms with E-state index < -0.39 is 16.5 Å². The Morgan fingerprint density at radius 2 is 2.00 bits per heavy atom. The van der Waals surface area contributed by atoms with E-state index in [1.165, 1.54) is 6.33 Å². The van der Waals surface area contributed by atoms with Crippen LogP contribution in [0.25, 0.3) is 5.57 Å². The molecular formula is C20H23ClN6O2S. The molecule has 1 aliphatic carbocycles. The third-order valence-electron chi connectivity index (χ3n) is 6.43. The monoisotopic (exact) mass is 446 g/mol. The SMILES string of the molecule is N[C@](O)(c1ncnc2c1S(=O)CC2)C1CCC1N1CC=C(c2ncc(Cl)cn2)CC1. The van der Waals surface area contributed by atoms with Gasteiger partial charge in [-0.05, 0) is 24.8 Å². The van der Waals surface area contributed by atoms with Gasteiger partial charge in [0.2, 0.25) is 0 Å². The van der Waals surface area contributed by atoms with E-state index >= 15 is 0 Å². The molecule has 3 N–H and O–H groups in total. The van der Waals surface area contributed by atoms with Gasteiger partial charge < -0.3 is 5.11 Å². The predicted molar refractivity (Wildman–Crippen MR) is 113 cm³/mol. The lowest BCUT2D eigenvalue weighted by atomic mass is 9.70. The Kier molecular flexibility index (Phi) is 5.19. The zero-order valence-corrected chi connectivity index (χ0v) is 17.9. The van der Waals surface area contributed by atoms with Crippen LogP contribution in [-0.2, 0) is 22.9 Å². The molecule has 0 radical (unpaired) electrons. The Hall–Kier alpha value is -1.78. The average Bonchev–Trinajstić information content (AvgIpc) is 3.09. The van der Waals surface area contributed by atoms with E-state index in [2.05, 4.69) is 30.9 Å². The molecule has 158 valence electrons. The predicted octanol–water partition coefficient (Wildman–Crippen LogP) is 1.26. The van der Waals surface area contributed by atoms with Gasteiger partial charge in [0.1, 0.15) is 12.0 Å². The molecule has 30 heavy (non-hydrogen) atoms. The number of aryl methyl sites for hydroxylation is 1. The van der Waals surface area contributed by atoms with Gasteiger partial charge in [0.25, 0.3) is 0 Å². The van der Waals surface area contributed by atoms with E-state index in [1.54, 1.807) is 12.4 Å². The highest BCUT2D eigenvalue weighted by molar-refractivity contribution is 7.85. The lowest BCUT2D eigenvalue weighted by Crippen LogP contribution is -2.60. The quantitative estimate of drug-likeness (QED) is 0.674. The Morgan fingerprint density at radius 1 is 1.20 bits per heavy atom. The van der Waals surface area contributed by atoms with Crippen molar-refractivity contribution < 1.29 is 9.32 Å². The first kappa shape index (κ1) is 20.1. The second kappa shape index (κ2) is 7.72. The molecule has 0 amide bonds. The number of hydrogen-bond donors (Lipinski definition) is 2. The molecule has 2 aromatic heterocycles. The number of aromatic nitrogens is 4. The summed E-state index contributed by atoms with van der Waals surface area (Å²) in [5.74, 6) is 1.05. The molecule has 4 heterocycles. The number of nitrogens with two attached hydrogens (primary N) is 1. The van der Waals surface area contributed by atoms with Crippen LogP contribution >= 0.6 is 11.6 Å². The normalized spacial score (nSPS) is 28.4. The molecule has 1 fully saturated rings. The summed E-state index contributed by atoms with van der Waals surface area (Å²) in [5, 5.41) is 11.8. The molecule has 0 spiro atoms. The van der Waals surface area contributed by atoms with Crippen LogP contribution in [0.1, 0.15) is 36.5 Å². The molecule has 4 atom stereocenters. The fourth-order valence-electron chi connectivity index (χ4n) is 4.68. The van der Waals surface area contributed by atoms with Gasteiger partial charge in [-0.3, -0.25) is 14.8 Å². The second-order valence-corrected chi connectivity index (χ2v) is 10.0. The molecular weight excluding hydrogens is 424 g/mol. The van der Waals surface area contributed by atoms with Crippen LogP contribution < -0.4 is 5.73 Å². The highest BCUT2D eigenvalue weighted by Gasteiger charge is 2.50. The van der Waals surface area contributed by atoms with E-state index in [9.17, 15) is 9.32 Å². The molecule has 0 bridgehead atoms. The summed E-state index contributed by atoms with van der Waals surface area (Å²) in [6, 6.07) is 0.143. The van der Waals surface area contributed by atoms with Gasteiger partial charge in [0.15, 0.2) is 11.5 Å². The Labute approximate surface area is 182 Å². The molecule has 0 saturated heterocycles. The van der Waals surface area contributed by atoms with E-state index in [0.29, 0.717) is 33.6 Å². The van der Waals surface area contributed by atoms with Crippen LogP contribution in [0.3, 0.4) is 0 Å². The van der Waals surface area contributed by atoms with Crippen molar-refractivity contribution >= 4 is 28.0 Å². The van der Waals surface area contributed by atoms with Crippen LogP contribution in [0.4, 0.5) is 0 Å². The fraction of sp³-hybridized carbons (Fsp3) is 0.500. The summed E-state index contributed by atoms with van der Waals surface area (Å²) in [6.07, 6.45) is 9.99. The van der Waals surface area contributed by atoms with Crippen molar-refractivity contribution in [3.63, 3.8) is 0 Å². The largest absolute Gasteiger partial charge is 0.370 e. The van der Waals surface area contributed by atoms with Crippen LogP contribution in [0.15, 0.2) is 29.7 Å². The molecule has 3 aliphatic rings. The second-order valence-electron chi connectivity index (χ2n) is 8.07. The Morgan fingerprint density at radius 3 is 2.67 bits per heavy atom. The molecule has 0 aromatic carbocycles. The third-order valence-corrected chi connectivity index (χ3v) is 8.08. The molecule has 1 saturated carbocycles. The maximum Gasteiger partial charge on any atom is 0.162 e. The third kappa shape index (κ3) is 3.38. The van der Waals surface area contributed by atoms with Crippen LogP contribution in [0.5, 0.6) is 0 Å². The van der Waals surface area contributed by atoms with Crippen molar-refractivity contribution in [3.8, 4) is 0 Å². The standard InChI is InChI=1S/C20H23ClN6O2S/c21-13-9-23-19(24-10-13)12-3-6-27(7-4-12)16-2-1-14(16)20(22,28)18-17-15(25-11-26-18)5-8-30(17)29/h3,9-11,14,16,28H,1-2,4-8,22H2/t14?,16?,20-,30?/m1/s1. The van der Waals surface area contributed by atoms with Gasteiger partial charge in [-0.25, -0.2) is 19.9 Å². The number of aliphatic hydroxyl groups is 1. The smallest absolute Gasteiger partial charge is 0.162 e. The molecule has 2 aromatic rings. The number of hydrogen-bond acceptors (Lipinski definition) is 8. The van der Waals surface area contributed by atoms with Crippen LogP contribution in [-0.4, -0.2) is 59.0 Å². The lowest BCUT2D eigenvalue weighted by Gasteiger charge is -2.50. The van der Waals surface area contributed by atoms with E-state index in [-0.39, 0.29) is 12.0 Å². The summed E-state index contributed by atoms with van der Waals surface area (Å²) < 4.78 is 12.5. The van der Waals surface area contributed by atoms with Crippen molar-refractivity contribution in [2.75, 3.05) is 18.8 Å². The minimum Gasteiger partial charge on any atom is -0.370 e. The topological polar surface area (TPSA) is 118 Å². The van der Waals surface area contributed by atoms with Gasteiger partial charge in [0.05, 0.1) is 26.4 Å². The zero-order chi connectivity index (χ0) is 20.9. The van der Waals surface area contributed by atoms with E-state index in [1.807, 2.05) is 0 Å². The highest BCUT2D eigenvalue weighted by atomic mass is 35.5. The van der Waals surface area contributed by atoms with Crippen LogP contribution in [0, 0.1) is 5.92 Å². The molecule has 10 heteroatoms. The molecule has 2 aliphatic heterocycles. The Balaban J connectivity index is 1.34. The van der Waals surface area contributed by atoms with Crippen LogP contribution in [0.2, 0.25) is 5.02 Å². The first-order valence-corrected chi connectivity index (χ1v) is 11.8. The first-order valence-electron chi connectivity index (χ1n) is 10.1. The number of halogens is 1. The van der Waals surface area contributed by atoms with E-state index in [0.717, 1.165) is 43.6 Å². The number of nitrogens with zero attached hydrogens (tertiary/aromatic N) is 5. The minimum absolute atomic E-state index is 0.143. The number of fused-ring (bicyclic) bond motifs is 1. The van der Waals surface area contributed by atoms with Gasteiger partial charge in [-0.15, -0.1) is 0 Å². The number of rotatable bonds is 4. The maximum absolute atomic E-state index is 12.5. The molecule has 5 rings (SSSR count). The van der Waals surface area contributed by atoms with Crippen molar-refractivity contribution in [2.45, 2.75) is 42.3 Å². The first-order chi connectivity index (χ1) is 14.4. The van der Waals surface area contributed by atoms with Crippen molar-refractivity contribution in [2.24, 2.45) is 11.7 Å². The average molecular weight is 447 g/mol. The van der Waals surface area contributed by atoms with Gasteiger partial charge in [0, 0.05) is 49.6 Å². The van der Waals surface area contributed by atoms with Crippen molar-refractivity contribution in [1.82, 2.24) is 24.8 Å². The summed E-state index contributed by atoms with van der Waals surface area (Å²) in [6.45, 7) is 1.58. The summed E-state index contributed by atoms with van der Waals surface area (Å²) >= 11 is 5.88. The molecule has 8 nitrogen and oxygen atoms in total.